The van der Waals surface area contributed by atoms with E-state index in [2.05, 4.69) is 27.2 Å². The molecule has 9 heteroatoms. The molecule has 0 fully saturated rings. The molecule has 0 aliphatic rings. The molecule has 0 saturated carbocycles. The molecule has 1 rings (SSSR count). The van der Waals surface area contributed by atoms with Crippen molar-refractivity contribution in [3.63, 3.8) is 0 Å². The molecule has 0 spiro atoms. The standard InChI is InChI=1S/C15H25N5O2S.HI/c1-16-15(18-9-3-4-12-23-2)19-11-10-17-13-5-7-14(8-6-13)20(21)22;/h5-8,17H,3-4,9-12H2,1-2H3,(H2,16,18,19);1H. The molecular formula is C15H26IN5O2S. The van der Waals surface area contributed by atoms with Crippen molar-refractivity contribution in [2.24, 2.45) is 4.99 Å². The Bertz CT molecular complexity index is 499. The molecule has 0 bridgehead atoms. The first-order chi connectivity index (χ1) is 11.2. The Morgan fingerprint density at radius 3 is 2.42 bits per heavy atom. The van der Waals surface area contributed by atoms with Crippen LogP contribution in [0.2, 0.25) is 0 Å². The molecule has 7 nitrogen and oxygen atoms in total. The van der Waals surface area contributed by atoms with Crippen molar-refractivity contribution in [2.45, 2.75) is 12.8 Å². The number of nitro benzene ring substituents is 1. The van der Waals surface area contributed by atoms with Crippen LogP contribution in [0.25, 0.3) is 0 Å². The fourth-order valence-electron chi connectivity index (χ4n) is 1.89. The van der Waals surface area contributed by atoms with Gasteiger partial charge in [0.1, 0.15) is 0 Å². The molecule has 1 aromatic rings. The van der Waals surface area contributed by atoms with Gasteiger partial charge in [0.05, 0.1) is 4.92 Å². The van der Waals surface area contributed by atoms with Crippen LogP contribution in [0.5, 0.6) is 0 Å². The minimum atomic E-state index is -0.403. The number of guanidine groups is 1. The van der Waals surface area contributed by atoms with Gasteiger partial charge < -0.3 is 16.0 Å². The summed E-state index contributed by atoms with van der Waals surface area (Å²) in [6.07, 6.45) is 4.45. The Labute approximate surface area is 164 Å². The molecule has 0 atom stereocenters. The maximum atomic E-state index is 10.6. The van der Waals surface area contributed by atoms with Crippen LogP contribution in [0, 0.1) is 10.1 Å². The van der Waals surface area contributed by atoms with Crippen LogP contribution in [0.4, 0.5) is 11.4 Å². The van der Waals surface area contributed by atoms with E-state index in [4.69, 9.17) is 0 Å². The average molecular weight is 467 g/mol. The summed E-state index contributed by atoms with van der Waals surface area (Å²) in [6, 6.07) is 6.39. The van der Waals surface area contributed by atoms with E-state index in [1.807, 2.05) is 11.8 Å². The third kappa shape index (κ3) is 9.81. The van der Waals surface area contributed by atoms with Crippen LogP contribution in [0.3, 0.4) is 0 Å². The fourth-order valence-corrected chi connectivity index (χ4v) is 2.38. The molecule has 136 valence electrons. The summed E-state index contributed by atoms with van der Waals surface area (Å²) in [7, 11) is 1.75. The summed E-state index contributed by atoms with van der Waals surface area (Å²) in [5.41, 5.74) is 0.956. The molecule has 0 heterocycles. The molecular weight excluding hydrogens is 441 g/mol. The fraction of sp³-hybridized carbons (Fsp3) is 0.533. The van der Waals surface area contributed by atoms with Crippen LogP contribution in [-0.4, -0.2) is 49.6 Å². The van der Waals surface area contributed by atoms with Gasteiger partial charge in [-0.25, -0.2) is 0 Å². The number of halogens is 1. The molecule has 0 aliphatic heterocycles. The number of non-ortho nitro benzene ring substituents is 1. The zero-order chi connectivity index (χ0) is 16.9. The molecule has 24 heavy (non-hydrogen) atoms. The Kier molecular flexibility index (Phi) is 13.4. The number of benzene rings is 1. The van der Waals surface area contributed by atoms with Gasteiger partial charge in [-0.05, 0) is 37.0 Å². The van der Waals surface area contributed by atoms with Crippen LogP contribution in [0.15, 0.2) is 29.3 Å². The summed E-state index contributed by atoms with van der Waals surface area (Å²) in [5, 5.41) is 20.3. The first-order valence-electron chi connectivity index (χ1n) is 7.59. The van der Waals surface area contributed by atoms with E-state index in [0.29, 0.717) is 13.1 Å². The van der Waals surface area contributed by atoms with Gasteiger partial charge in [0.25, 0.3) is 5.69 Å². The Balaban J connectivity index is 0.00000529. The normalized spacial score (nSPS) is 10.7. The first kappa shape index (κ1) is 22.8. The lowest BCUT2D eigenvalue weighted by Gasteiger charge is -2.12. The van der Waals surface area contributed by atoms with Crippen LogP contribution < -0.4 is 16.0 Å². The summed E-state index contributed by atoms with van der Waals surface area (Å²) in [5.74, 6) is 1.98. The molecule has 0 amide bonds. The monoisotopic (exact) mass is 467 g/mol. The van der Waals surface area contributed by atoms with Crippen molar-refractivity contribution in [1.82, 2.24) is 10.6 Å². The predicted octanol–water partition coefficient (Wildman–Crippen LogP) is 2.93. The van der Waals surface area contributed by atoms with E-state index in [0.717, 1.165) is 24.6 Å². The number of hydrogen-bond acceptors (Lipinski definition) is 5. The van der Waals surface area contributed by atoms with Gasteiger partial charge >= 0.3 is 0 Å². The van der Waals surface area contributed by atoms with Crippen LogP contribution in [-0.2, 0) is 0 Å². The van der Waals surface area contributed by atoms with Crippen molar-refractivity contribution in [1.29, 1.82) is 0 Å². The van der Waals surface area contributed by atoms with Crippen LogP contribution >= 0.6 is 35.7 Å². The highest BCUT2D eigenvalue weighted by atomic mass is 127. The van der Waals surface area contributed by atoms with E-state index < -0.39 is 4.92 Å². The van der Waals surface area contributed by atoms with Crippen molar-refractivity contribution < 1.29 is 4.92 Å². The highest BCUT2D eigenvalue weighted by Gasteiger charge is 2.03. The zero-order valence-corrected chi connectivity index (χ0v) is 17.2. The number of rotatable bonds is 10. The molecule has 1 aromatic carbocycles. The Morgan fingerprint density at radius 2 is 1.83 bits per heavy atom. The average Bonchev–Trinajstić information content (AvgIpc) is 2.57. The van der Waals surface area contributed by atoms with Crippen molar-refractivity contribution in [3.8, 4) is 0 Å². The number of nitrogens with zero attached hydrogens (tertiary/aromatic N) is 2. The summed E-state index contributed by atoms with van der Waals surface area (Å²) in [6.45, 7) is 2.32. The van der Waals surface area contributed by atoms with Gasteiger partial charge in [-0.3, -0.25) is 15.1 Å². The van der Waals surface area contributed by atoms with Gasteiger partial charge in [0, 0.05) is 44.5 Å². The summed E-state index contributed by atoms with van der Waals surface area (Å²) >= 11 is 1.86. The second-order valence-corrected chi connectivity index (χ2v) is 5.84. The van der Waals surface area contributed by atoms with Crippen LogP contribution in [0.1, 0.15) is 12.8 Å². The maximum absolute atomic E-state index is 10.6. The minimum Gasteiger partial charge on any atom is -0.383 e. The predicted molar refractivity (Wildman–Crippen MR) is 114 cm³/mol. The number of aliphatic imine (C=N–C) groups is 1. The maximum Gasteiger partial charge on any atom is 0.269 e. The largest absolute Gasteiger partial charge is 0.383 e. The van der Waals surface area contributed by atoms with Crippen molar-refractivity contribution in [2.75, 3.05) is 44.0 Å². The first-order valence-corrected chi connectivity index (χ1v) is 8.98. The van der Waals surface area contributed by atoms with Crippen molar-refractivity contribution in [3.05, 3.63) is 34.4 Å². The molecule has 3 N–H and O–H groups in total. The van der Waals surface area contributed by atoms with Gasteiger partial charge in [-0.1, -0.05) is 0 Å². The zero-order valence-electron chi connectivity index (χ0n) is 14.1. The Morgan fingerprint density at radius 1 is 1.17 bits per heavy atom. The van der Waals surface area contributed by atoms with Crippen molar-refractivity contribution >= 4 is 53.1 Å². The molecule has 0 aromatic heterocycles. The van der Waals surface area contributed by atoms with E-state index in [1.165, 1.54) is 24.3 Å². The van der Waals surface area contributed by atoms with Gasteiger partial charge in [-0.15, -0.1) is 24.0 Å². The number of nitrogens with one attached hydrogen (secondary N) is 3. The van der Waals surface area contributed by atoms with Gasteiger partial charge in [-0.2, -0.15) is 11.8 Å². The Hall–Kier alpha value is -1.23. The summed E-state index contributed by atoms with van der Waals surface area (Å²) in [4.78, 5) is 14.3. The summed E-state index contributed by atoms with van der Waals surface area (Å²) < 4.78 is 0. The minimum absolute atomic E-state index is 0. The lowest BCUT2D eigenvalue weighted by atomic mass is 10.3. The topological polar surface area (TPSA) is 91.6 Å². The third-order valence-electron chi connectivity index (χ3n) is 3.12. The van der Waals surface area contributed by atoms with E-state index >= 15 is 0 Å². The lowest BCUT2D eigenvalue weighted by Crippen LogP contribution is -2.39. The highest BCUT2D eigenvalue weighted by Crippen LogP contribution is 2.14. The smallest absolute Gasteiger partial charge is 0.269 e. The number of thioether (sulfide) groups is 1. The van der Waals surface area contributed by atoms with E-state index in [-0.39, 0.29) is 29.7 Å². The number of unbranched alkanes of at least 4 members (excludes halogenated alkanes) is 1. The van der Waals surface area contributed by atoms with Gasteiger partial charge in [0.15, 0.2) is 5.96 Å². The third-order valence-corrected chi connectivity index (χ3v) is 3.81. The molecule has 0 saturated heterocycles. The number of nitro groups is 1. The molecule has 0 radical (unpaired) electrons. The van der Waals surface area contributed by atoms with E-state index in [1.54, 1.807) is 19.2 Å². The molecule has 0 unspecified atom stereocenters. The number of anilines is 1. The highest BCUT2D eigenvalue weighted by molar-refractivity contribution is 14.0. The van der Waals surface area contributed by atoms with E-state index in [9.17, 15) is 10.1 Å². The number of hydrogen-bond donors (Lipinski definition) is 3. The lowest BCUT2D eigenvalue weighted by molar-refractivity contribution is -0.384. The molecule has 0 aliphatic carbocycles. The SMILES string of the molecule is CN=C(NCCCCSC)NCCNc1ccc([N+](=O)[O-])cc1.I. The second-order valence-electron chi connectivity index (χ2n) is 4.86. The van der Waals surface area contributed by atoms with Gasteiger partial charge in [0.2, 0.25) is 0 Å². The quantitative estimate of drug-likeness (QED) is 0.122. The second kappa shape index (κ2) is 14.1.